The first-order chi connectivity index (χ1) is 9.22. The molecule has 0 aliphatic carbocycles. The van der Waals surface area contributed by atoms with Crippen molar-refractivity contribution in [2.45, 2.75) is 26.7 Å². The molecule has 1 N–H and O–H groups in total. The molecule has 0 fully saturated rings. The van der Waals surface area contributed by atoms with E-state index in [4.69, 9.17) is 4.74 Å². The Morgan fingerprint density at radius 1 is 1.53 bits per heavy atom. The second kappa shape index (κ2) is 6.29. The van der Waals surface area contributed by atoms with Crippen LogP contribution in [0.5, 0.6) is 0 Å². The van der Waals surface area contributed by atoms with Gasteiger partial charge in [-0.15, -0.1) is 0 Å². The number of ether oxygens (including phenoxy) is 1. The second-order valence-electron chi connectivity index (χ2n) is 4.25. The van der Waals surface area contributed by atoms with E-state index in [0.29, 0.717) is 31.7 Å². The Morgan fingerprint density at radius 3 is 3.16 bits per heavy atom. The third-order valence-corrected chi connectivity index (χ3v) is 2.82. The van der Waals surface area contributed by atoms with Crippen molar-refractivity contribution >= 4 is 17.2 Å². The number of nitrogens with zero attached hydrogens (tertiary/aromatic N) is 3. The van der Waals surface area contributed by atoms with Gasteiger partial charge < -0.3 is 10.1 Å². The van der Waals surface area contributed by atoms with E-state index in [1.807, 2.05) is 26.1 Å². The summed E-state index contributed by atoms with van der Waals surface area (Å²) in [6.07, 6.45) is 4.45. The zero-order valence-electron chi connectivity index (χ0n) is 11.2. The first-order valence-corrected chi connectivity index (χ1v) is 6.39. The van der Waals surface area contributed by atoms with E-state index in [9.17, 15) is 4.79 Å². The first-order valence-electron chi connectivity index (χ1n) is 6.39. The number of aryl methyl sites for hydroxylation is 1. The molecule has 0 unspecified atom stereocenters. The Kier molecular flexibility index (Phi) is 4.46. The average molecular weight is 262 g/mol. The molecule has 19 heavy (non-hydrogen) atoms. The Labute approximate surface area is 111 Å². The summed E-state index contributed by atoms with van der Waals surface area (Å²) in [5, 5.41) is 6.95. The van der Waals surface area contributed by atoms with Gasteiger partial charge >= 0.3 is 0 Å². The summed E-state index contributed by atoms with van der Waals surface area (Å²) in [6, 6.07) is 1.90. The van der Waals surface area contributed by atoms with Gasteiger partial charge in [0.2, 0.25) is 5.91 Å². The Morgan fingerprint density at radius 2 is 2.37 bits per heavy atom. The molecule has 0 saturated carbocycles. The Hall–Kier alpha value is -1.95. The number of fused-ring (bicyclic) bond motifs is 1. The van der Waals surface area contributed by atoms with Crippen LogP contribution in [0.3, 0.4) is 0 Å². The highest BCUT2D eigenvalue weighted by atomic mass is 16.5. The molecule has 2 aromatic rings. The number of hydrogen-bond acceptors (Lipinski definition) is 4. The quantitative estimate of drug-likeness (QED) is 0.806. The fourth-order valence-corrected chi connectivity index (χ4v) is 1.82. The SMILES string of the molecule is CCOCCCC(=O)Nc1c(C)ccn2ncnc12. The lowest BCUT2D eigenvalue weighted by atomic mass is 10.2. The number of carbonyl (C=O) groups is 1. The predicted octanol–water partition coefficient (Wildman–Crippen LogP) is 1.79. The number of hydrogen-bond donors (Lipinski definition) is 1. The third-order valence-electron chi connectivity index (χ3n) is 2.82. The second-order valence-corrected chi connectivity index (χ2v) is 4.25. The number of nitrogens with one attached hydrogen (secondary N) is 1. The van der Waals surface area contributed by atoms with Crippen LogP contribution >= 0.6 is 0 Å². The molecule has 0 saturated heterocycles. The molecular weight excluding hydrogens is 244 g/mol. The zero-order chi connectivity index (χ0) is 13.7. The molecule has 0 aromatic carbocycles. The minimum absolute atomic E-state index is 0.0288. The minimum Gasteiger partial charge on any atom is -0.382 e. The fourth-order valence-electron chi connectivity index (χ4n) is 1.82. The molecule has 0 atom stereocenters. The molecular formula is C13H18N4O2. The van der Waals surface area contributed by atoms with Gasteiger partial charge in [0.05, 0.1) is 5.69 Å². The maximum Gasteiger partial charge on any atom is 0.224 e. The summed E-state index contributed by atoms with van der Waals surface area (Å²) in [7, 11) is 0. The lowest BCUT2D eigenvalue weighted by Crippen LogP contribution is -2.14. The summed E-state index contributed by atoms with van der Waals surface area (Å²) >= 11 is 0. The highest BCUT2D eigenvalue weighted by Crippen LogP contribution is 2.19. The highest BCUT2D eigenvalue weighted by molar-refractivity contribution is 5.95. The minimum atomic E-state index is -0.0288. The van der Waals surface area contributed by atoms with Crippen molar-refractivity contribution in [3.63, 3.8) is 0 Å². The van der Waals surface area contributed by atoms with Crippen molar-refractivity contribution in [2.75, 3.05) is 18.5 Å². The molecule has 0 radical (unpaired) electrons. The van der Waals surface area contributed by atoms with Crippen molar-refractivity contribution in [1.82, 2.24) is 14.6 Å². The standard InChI is InChI=1S/C13H18N4O2/c1-3-19-8-4-5-11(18)16-12-10(2)6-7-17-13(12)14-9-15-17/h6-7,9H,3-5,8H2,1-2H3,(H,16,18). The van der Waals surface area contributed by atoms with Crippen LogP contribution in [0, 0.1) is 6.92 Å². The Balaban J connectivity index is 2.02. The summed E-state index contributed by atoms with van der Waals surface area (Å²) in [4.78, 5) is 16.0. The van der Waals surface area contributed by atoms with Gasteiger partial charge in [0.15, 0.2) is 5.65 Å². The van der Waals surface area contributed by atoms with Gasteiger partial charge in [-0.05, 0) is 31.9 Å². The van der Waals surface area contributed by atoms with Gasteiger partial charge in [0, 0.05) is 25.8 Å². The van der Waals surface area contributed by atoms with E-state index in [1.165, 1.54) is 6.33 Å². The van der Waals surface area contributed by atoms with Crippen LogP contribution in [-0.2, 0) is 9.53 Å². The van der Waals surface area contributed by atoms with E-state index in [1.54, 1.807) is 4.52 Å². The normalized spacial score (nSPS) is 10.8. The predicted molar refractivity (Wildman–Crippen MR) is 72.1 cm³/mol. The average Bonchev–Trinajstić information content (AvgIpc) is 2.87. The molecule has 2 aromatic heterocycles. The topological polar surface area (TPSA) is 68.5 Å². The molecule has 0 spiro atoms. The van der Waals surface area contributed by atoms with E-state index in [0.717, 1.165) is 11.3 Å². The van der Waals surface area contributed by atoms with Crippen molar-refractivity contribution in [3.8, 4) is 0 Å². The van der Waals surface area contributed by atoms with Crippen LogP contribution in [-0.4, -0.2) is 33.7 Å². The zero-order valence-corrected chi connectivity index (χ0v) is 11.2. The van der Waals surface area contributed by atoms with E-state index >= 15 is 0 Å². The van der Waals surface area contributed by atoms with Crippen LogP contribution in [0.1, 0.15) is 25.3 Å². The lowest BCUT2D eigenvalue weighted by molar-refractivity contribution is -0.116. The van der Waals surface area contributed by atoms with Crippen molar-refractivity contribution in [3.05, 3.63) is 24.2 Å². The molecule has 0 aliphatic rings. The van der Waals surface area contributed by atoms with Gasteiger partial charge in [-0.2, -0.15) is 5.10 Å². The van der Waals surface area contributed by atoms with Gasteiger partial charge in [0.1, 0.15) is 6.33 Å². The first kappa shape index (κ1) is 13.5. The van der Waals surface area contributed by atoms with Crippen LogP contribution in [0.2, 0.25) is 0 Å². The van der Waals surface area contributed by atoms with E-state index in [-0.39, 0.29) is 5.91 Å². The van der Waals surface area contributed by atoms with Crippen molar-refractivity contribution in [2.24, 2.45) is 0 Å². The summed E-state index contributed by atoms with van der Waals surface area (Å²) < 4.78 is 6.85. The van der Waals surface area contributed by atoms with Gasteiger partial charge in [-0.3, -0.25) is 4.79 Å². The number of amides is 1. The maximum absolute atomic E-state index is 11.9. The van der Waals surface area contributed by atoms with Crippen LogP contribution in [0.15, 0.2) is 18.6 Å². The van der Waals surface area contributed by atoms with E-state index in [2.05, 4.69) is 15.4 Å². The molecule has 6 nitrogen and oxygen atoms in total. The van der Waals surface area contributed by atoms with Gasteiger partial charge in [-0.1, -0.05) is 0 Å². The summed E-state index contributed by atoms with van der Waals surface area (Å²) in [5.74, 6) is -0.0288. The molecule has 2 rings (SSSR count). The highest BCUT2D eigenvalue weighted by Gasteiger charge is 2.10. The largest absolute Gasteiger partial charge is 0.382 e. The molecule has 6 heteroatoms. The van der Waals surface area contributed by atoms with Crippen molar-refractivity contribution in [1.29, 1.82) is 0 Å². The van der Waals surface area contributed by atoms with Gasteiger partial charge in [0.25, 0.3) is 0 Å². The smallest absolute Gasteiger partial charge is 0.224 e. The van der Waals surface area contributed by atoms with Crippen LogP contribution < -0.4 is 5.32 Å². The third kappa shape index (κ3) is 3.29. The summed E-state index contributed by atoms with van der Waals surface area (Å²) in [6.45, 7) is 5.16. The number of rotatable bonds is 6. The Bertz CT molecular complexity index is 565. The number of anilines is 1. The molecule has 0 aliphatic heterocycles. The number of pyridine rings is 1. The number of carbonyl (C=O) groups excluding carboxylic acids is 1. The number of aromatic nitrogens is 3. The maximum atomic E-state index is 11.9. The molecule has 1 amide bonds. The molecule has 0 bridgehead atoms. The molecule has 2 heterocycles. The van der Waals surface area contributed by atoms with Gasteiger partial charge in [-0.25, -0.2) is 9.50 Å². The van der Waals surface area contributed by atoms with Crippen LogP contribution in [0.25, 0.3) is 5.65 Å². The summed E-state index contributed by atoms with van der Waals surface area (Å²) in [5.41, 5.74) is 2.36. The van der Waals surface area contributed by atoms with E-state index < -0.39 is 0 Å². The molecule has 102 valence electrons. The fraction of sp³-hybridized carbons (Fsp3) is 0.462. The van der Waals surface area contributed by atoms with Crippen molar-refractivity contribution < 1.29 is 9.53 Å². The lowest BCUT2D eigenvalue weighted by Gasteiger charge is -2.09. The monoisotopic (exact) mass is 262 g/mol. The van der Waals surface area contributed by atoms with Crippen LogP contribution in [0.4, 0.5) is 5.69 Å².